The van der Waals surface area contributed by atoms with Crippen LogP contribution in [-0.4, -0.2) is 15.5 Å². The summed E-state index contributed by atoms with van der Waals surface area (Å²) in [4.78, 5) is 2.53. The maximum Gasteiger partial charge on any atom is 0.0619 e. The van der Waals surface area contributed by atoms with Gasteiger partial charge in [-0.25, -0.2) is 0 Å². The predicted molar refractivity (Wildman–Crippen MR) is 218 cm³/mol. The number of nitrogens with zero attached hydrogens (tertiary/aromatic N) is 2. The van der Waals surface area contributed by atoms with E-state index in [1.807, 2.05) is 0 Å². The molecule has 1 aliphatic heterocycles. The van der Waals surface area contributed by atoms with Crippen molar-refractivity contribution in [1.82, 2.24) is 9.47 Å². The minimum atomic E-state index is -0.295. The largest absolute Gasteiger partial charge is 0.341 e. The Hall–Kier alpha value is -5.38. The first kappa shape index (κ1) is 34.1. The first-order chi connectivity index (χ1) is 25.0. The summed E-state index contributed by atoms with van der Waals surface area (Å²) in [6.07, 6.45) is 31.2. The second-order valence-electron chi connectivity index (χ2n) is 13.7. The molecule has 3 aliphatic rings. The number of hydrogen-bond donors (Lipinski definition) is 1. The normalized spacial score (nSPS) is 20.2. The zero-order valence-electron chi connectivity index (χ0n) is 30.2. The second kappa shape index (κ2) is 15.2. The van der Waals surface area contributed by atoms with Gasteiger partial charge in [-0.3, -0.25) is 0 Å². The Balaban J connectivity index is 1.21. The Labute approximate surface area is 304 Å². The molecule has 3 nitrogen and oxygen atoms in total. The lowest BCUT2D eigenvalue weighted by Crippen LogP contribution is -2.30. The number of rotatable bonds is 10. The first-order valence-corrected chi connectivity index (χ1v) is 18.4. The Morgan fingerprint density at radius 2 is 1.69 bits per heavy atom. The number of nitrogens with two attached hydrogens (primary N) is 1. The van der Waals surface area contributed by atoms with Gasteiger partial charge in [-0.2, -0.15) is 0 Å². The van der Waals surface area contributed by atoms with E-state index >= 15 is 0 Å². The molecule has 0 saturated heterocycles. The van der Waals surface area contributed by atoms with E-state index in [1.165, 1.54) is 39.1 Å². The Kier molecular flexibility index (Phi) is 10.2. The van der Waals surface area contributed by atoms with Gasteiger partial charge in [-0.05, 0) is 110 Å². The molecule has 0 amide bonds. The minimum absolute atomic E-state index is 0.234. The maximum absolute atomic E-state index is 7.05. The number of fused-ring (bicyclic) bond motifs is 3. The topological polar surface area (TPSA) is 34.2 Å². The average molecular weight is 668 g/mol. The summed E-state index contributed by atoms with van der Waals surface area (Å²) in [6.45, 7) is 10.7. The van der Waals surface area contributed by atoms with Crippen LogP contribution in [0.2, 0.25) is 0 Å². The summed E-state index contributed by atoms with van der Waals surface area (Å²) in [5, 5.41) is 1.34. The summed E-state index contributed by atoms with van der Waals surface area (Å²) >= 11 is 0. The van der Waals surface area contributed by atoms with Gasteiger partial charge in [0, 0.05) is 40.1 Å². The van der Waals surface area contributed by atoms with Crippen LogP contribution in [0.25, 0.3) is 28.2 Å². The van der Waals surface area contributed by atoms with E-state index in [1.54, 1.807) is 0 Å². The molecule has 0 spiro atoms. The molecule has 0 saturated carbocycles. The molecule has 4 aromatic rings. The van der Waals surface area contributed by atoms with Gasteiger partial charge in [0.1, 0.15) is 0 Å². The van der Waals surface area contributed by atoms with Crippen molar-refractivity contribution in [3.63, 3.8) is 0 Å². The summed E-state index contributed by atoms with van der Waals surface area (Å²) in [5.41, 5.74) is 20.6. The van der Waals surface area contributed by atoms with E-state index in [9.17, 15) is 0 Å². The Morgan fingerprint density at radius 3 is 2.49 bits per heavy atom. The fraction of sp³-hybridized carbons (Fsp3) is 0.208. The zero-order valence-corrected chi connectivity index (χ0v) is 30.2. The van der Waals surface area contributed by atoms with Crippen LogP contribution in [-0.2, 0) is 6.42 Å². The summed E-state index contributed by atoms with van der Waals surface area (Å²) in [5.74, 6) is 0.284. The molecule has 0 fully saturated rings. The van der Waals surface area contributed by atoms with E-state index in [0.717, 1.165) is 53.6 Å². The summed E-state index contributed by atoms with van der Waals surface area (Å²) in [7, 11) is 0. The van der Waals surface area contributed by atoms with Crippen LogP contribution in [0.15, 0.2) is 175 Å². The molecule has 3 heteroatoms. The van der Waals surface area contributed by atoms with Crippen LogP contribution in [0.5, 0.6) is 0 Å². The molecule has 256 valence electrons. The van der Waals surface area contributed by atoms with Crippen LogP contribution in [0.1, 0.15) is 68.5 Å². The highest BCUT2D eigenvalue weighted by Gasteiger charge is 2.37. The lowest BCUT2D eigenvalue weighted by atomic mass is 9.91. The molecule has 2 heterocycles. The average Bonchev–Trinajstić information content (AvgIpc) is 3.68. The van der Waals surface area contributed by atoms with Gasteiger partial charge in [0.2, 0.25) is 0 Å². The van der Waals surface area contributed by atoms with Gasteiger partial charge in [-0.1, -0.05) is 121 Å². The molecule has 7 rings (SSSR count). The Bertz CT molecular complexity index is 2180. The van der Waals surface area contributed by atoms with Crippen LogP contribution >= 0.6 is 0 Å². The number of aryl methyl sites for hydroxylation is 1. The van der Waals surface area contributed by atoms with E-state index in [0.29, 0.717) is 0 Å². The number of aromatic nitrogens is 1. The van der Waals surface area contributed by atoms with Gasteiger partial charge >= 0.3 is 0 Å². The van der Waals surface area contributed by atoms with Crippen molar-refractivity contribution >= 4 is 22.6 Å². The van der Waals surface area contributed by atoms with Crippen LogP contribution < -0.4 is 5.73 Å². The van der Waals surface area contributed by atoms with Crippen molar-refractivity contribution in [3.8, 4) is 5.69 Å². The van der Waals surface area contributed by atoms with Crippen molar-refractivity contribution in [2.45, 2.75) is 58.5 Å². The third-order valence-electron chi connectivity index (χ3n) is 10.5. The van der Waals surface area contributed by atoms with Gasteiger partial charge in [0.25, 0.3) is 0 Å². The van der Waals surface area contributed by atoms with Crippen molar-refractivity contribution in [2.24, 2.45) is 11.7 Å². The molecular weight excluding hydrogens is 619 g/mol. The lowest BCUT2D eigenvalue weighted by molar-refractivity contribution is 0.358. The second-order valence-corrected chi connectivity index (χ2v) is 13.7. The van der Waals surface area contributed by atoms with Crippen LogP contribution in [0.4, 0.5) is 0 Å². The van der Waals surface area contributed by atoms with E-state index in [2.05, 4.69) is 189 Å². The predicted octanol–water partition coefficient (Wildman–Crippen LogP) is 11.7. The number of benzene rings is 3. The monoisotopic (exact) mass is 667 g/mol. The molecule has 51 heavy (non-hydrogen) atoms. The maximum atomic E-state index is 7.05. The van der Waals surface area contributed by atoms with Crippen molar-refractivity contribution in [3.05, 3.63) is 197 Å². The molecule has 3 unspecified atom stereocenters. The van der Waals surface area contributed by atoms with Gasteiger partial charge in [0.15, 0.2) is 0 Å². The SMILES string of the molecule is C=CC1C2=C(CCC=C2)N(/C(C)=C/C(/C=C\C(=C/C(N)c2cccc(-n3c4c(c5ccccc53)CCC=C4)c2)c2ccccc2)=C\C)C1/C=C\C. The van der Waals surface area contributed by atoms with Gasteiger partial charge in [-0.15, -0.1) is 6.58 Å². The molecule has 3 atom stereocenters. The van der Waals surface area contributed by atoms with Crippen molar-refractivity contribution in [2.75, 3.05) is 0 Å². The van der Waals surface area contributed by atoms with Crippen LogP contribution in [0, 0.1) is 5.92 Å². The molecule has 2 N–H and O–H groups in total. The molecule has 0 bridgehead atoms. The minimum Gasteiger partial charge on any atom is -0.341 e. The lowest BCUT2D eigenvalue weighted by Gasteiger charge is -2.31. The van der Waals surface area contributed by atoms with Crippen molar-refractivity contribution in [1.29, 1.82) is 0 Å². The van der Waals surface area contributed by atoms with E-state index in [-0.39, 0.29) is 18.0 Å². The summed E-state index contributed by atoms with van der Waals surface area (Å²) in [6, 6.07) is 28.0. The first-order valence-electron chi connectivity index (χ1n) is 18.4. The molecular formula is C48H49N3. The zero-order chi connectivity index (χ0) is 35.3. The van der Waals surface area contributed by atoms with Gasteiger partial charge in [0.05, 0.1) is 11.6 Å². The molecule has 3 aromatic carbocycles. The molecule has 1 aromatic heterocycles. The standard InChI is InChI=1S/C48H49N3/c1-5-18-45-40(7-3)41-23-11-14-26-46(41)50(45)34(4)31-35(6-2)29-30-37(36-19-9-8-10-20-36)33-44(49)38-21-17-22-39(32-38)51-47-27-15-12-24-42(47)43-25-13-16-28-48(43)51/h5-12,15-24,27-33,40,44-45H,3,13-14,25-26,49H2,1-2,4H3/b18-5-,30-29-,34-31+,35-6-,37-33+. The highest BCUT2D eigenvalue weighted by atomic mass is 15.2. The molecule has 2 aliphatic carbocycles. The van der Waals surface area contributed by atoms with E-state index in [4.69, 9.17) is 5.73 Å². The number of allylic oxidation sites excluding steroid dienone is 12. The van der Waals surface area contributed by atoms with Crippen molar-refractivity contribution < 1.29 is 0 Å². The highest BCUT2D eigenvalue weighted by molar-refractivity contribution is 5.90. The Morgan fingerprint density at radius 1 is 0.902 bits per heavy atom. The highest BCUT2D eigenvalue weighted by Crippen LogP contribution is 2.43. The summed E-state index contributed by atoms with van der Waals surface area (Å²) < 4.78 is 2.40. The van der Waals surface area contributed by atoms with E-state index < -0.39 is 0 Å². The quantitative estimate of drug-likeness (QED) is 0.135. The van der Waals surface area contributed by atoms with Crippen LogP contribution in [0.3, 0.4) is 0 Å². The fourth-order valence-electron chi connectivity index (χ4n) is 8.10. The third kappa shape index (κ3) is 6.74. The molecule has 0 radical (unpaired) electrons. The smallest absolute Gasteiger partial charge is 0.0619 e. The third-order valence-corrected chi connectivity index (χ3v) is 10.5. The number of hydrogen-bond acceptors (Lipinski definition) is 2. The number of para-hydroxylation sites is 1. The fourth-order valence-corrected chi connectivity index (χ4v) is 8.10. The van der Waals surface area contributed by atoms with Gasteiger partial charge < -0.3 is 15.2 Å².